The Kier molecular flexibility index (Phi) is 2.25. The van der Waals surface area contributed by atoms with Crippen molar-refractivity contribution in [3.8, 4) is 0 Å². The summed E-state index contributed by atoms with van der Waals surface area (Å²) in [6.45, 7) is 2.56. The molecule has 0 radical (unpaired) electrons. The van der Waals surface area contributed by atoms with Gasteiger partial charge in [-0.25, -0.2) is 0 Å². The molecule has 1 aliphatic rings. The number of benzene rings is 1. The minimum atomic E-state index is 0.172. The minimum Gasteiger partial charge on any atom is -0.328 e. The van der Waals surface area contributed by atoms with Crippen LogP contribution in [0.25, 0.3) is 0 Å². The molecule has 0 aliphatic carbocycles. The van der Waals surface area contributed by atoms with Gasteiger partial charge >= 0.3 is 0 Å². The summed E-state index contributed by atoms with van der Waals surface area (Å²) in [5.41, 5.74) is 7.70. The second-order valence-electron chi connectivity index (χ2n) is 3.70. The predicted octanol–water partition coefficient (Wildman–Crippen LogP) is 1.06. The van der Waals surface area contributed by atoms with Crippen molar-refractivity contribution in [3.63, 3.8) is 0 Å². The molecule has 1 heterocycles. The van der Waals surface area contributed by atoms with Gasteiger partial charge in [-0.2, -0.15) is 0 Å². The van der Waals surface area contributed by atoms with Crippen molar-refractivity contribution < 1.29 is 4.79 Å². The molecule has 1 fully saturated rings. The lowest BCUT2D eigenvalue weighted by Gasteiger charge is -2.39. The molecule has 3 heteroatoms. The van der Waals surface area contributed by atoms with Crippen LogP contribution >= 0.6 is 0 Å². The molecule has 0 saturated carbocycles. The van der Waals surface area contributed by atoms with Gasteiger partial charge in [0.1, 0.15) is 0 Å². The Bertz CT molecular complexity index is 362. The molecule has 14 heavy (non-hydrogen) atoms. The monoisotopic (exact) mass is 190 g/mol. The highest BCUT2D eigenvalue weighted by Crippen LogP contribution is 2.27. The van der Waals surface area contributed by atoms with E-state index in [-0.39, 0.29) is 11.9 Å². The van der Waals surface area contributed by atoms with Gasteiger partial charge in [0.15, 0.2) is 0 Å². The molecule has 1 aromatic carbocycles. The Morgan fingerprint density at radius 3 is 2.93 bits per heavy atom. The number of carbonyl (C=O) groups is 1. The van der Waals surface area contributed by atoms with Crippen LogP contribution in [0.3, 0.4) is 0 Å². The Morgan fingerprint density at radius 2 is 2.36 bits per heavy atom. The van der Waals surface area contributed by atoms with Gasteiger partial charge in [0.05, 0.1) is 6.04 Å². The van der Waals surface area contributed by atoms with E-state index < -0.39 is 0 Å². The molecule has 1 aliphatic heterocycles. The van der Waals surface area contributed by atoms with E-state index in [1.54, 1.807) is 4.90 Å². The number of amides is 1. The highest BCUT2D eigenvalue weighted by molar-refractivity contribution is 6.00. The van der Waals surface area contributed by atoms with E-state index in [1.165, 1.54) is 0 Å². The van der Waals surface area contributed by atoms with Crippen LogP contribution in [0.1, 0.15) is 12.0 Å². The summed E-state index contributed by atoms with van der Waals surface area (Å²) in [5, 5.41) is 0. The zero-order valence-corrected chi connectivity index (χ0v) is 8.23. The fourth-order valence-corrected chi connectivity index (χ4v) is 1.80. The number of anilines is 1. The largest absolute Gasteiger partial charge is 0.328 e. The van der Waals surface area contributed by atoms with Gasteiger partial charge in [0.25, 0.3) is 0 Å². The van der Waals surface area contributed by atoms with Crippen LogP contribution in [-0.4, -0.2) is 18.5 Å². The van der Waals surface area contributed by atoms with E-state index in [0.717, 1.165) is 11.3 Å². The highest BCUT2D eigenvalue weighted by atomic mass is 16.2. The SMILES string of the molecule is Cc1cccc(N2C(=O)CC2CN)c1. The second-order valence-corrected chi connectivity index (χ2v) is 3.70. The topological polar surface area (TPSA) is 46.3 Å². The lowest BCUT2D eigenvalue weighted by Crippen LogP contribution is -2.56. The van der Waals surface area contributed by atoms with E-state index in [4.69, 9.17) is 5.73 Å². The first-order chi connectivity index (χ1) is 6.72. The molecule has 1 amide bonds. The van der Waals surface area contributed by atoms with Crippen molar-refractivity contribution in [1.29, 1.82) is 0 Å². The van der Waals surface area contributed by atoms with Crippen LogP contribution in [0, 0.1) is 6.92 Å². The summed E-state index contributed by atoms with van der Waals surface area (Å²) in [5.74, 6) is 0.172. The molecule has 0 aromatic heterocycles. The fourth-order valence-electron chi connectivity index (χ4n) is 1.80. The molecule has 1 aromatic rings. The molecule has 3 nitrogen and oxygen atoms in total. The molecule has 1 unspecified atom stereocenters. The molecule has 2 rings (SSSR count). The standard InChI is InChI=1S/C11H14N2O/c1-8-3-2-4-9(5-8)13-10(7-12)6-11(13)14/h2-5,10H,6-7,12H2,1H3. The first-order valence-corrected chi connectivity index (χ1v) is 4.81. The Labute approximate surface area is 83.5 Å². The molecule has 74 valence electrons. The van der Waals surface area contributed by atoms with Crippen LogP contribution in [0.15, 0.2) is 24.3 Å². The van der Waals surface area contributed by atoms with E-state index >= 15 is 0 Å². The first-order valence-electron chi connectivity index (χ1n) is 4.81. The number of β-lactam (4-membered cyclic amide) rings is 1. The lowest BCUT2D eigenvalue weighted by atomic mass is 10.0. The molecule has 1 saturated heterocycles. The van der Waals surface area contributed by atoms with Crippen molar-refractivity contribution in [2.45, 2.75) is 19.4 Å². The minimum absolute atomic E-state index is 0.172. The summed E-state index contributed by atoms with van der Waals surface area (Å²) in [4.78, 5) is 13.2. The zero-order chi connectivity index (χ0) is 10.1. The molecular weight excluding hydrogens is 176 g/mol. The van der Waals surface area contributed by atoms with Crippen LogP contribution in [0.2, 0.25) is 0 Å². The van der Waals surface area contributed by atoms with Crippen molar-refractivity contribution >= 4 is 11.6 Å². The smallest absolute Gasteiger partial charge is 0.229 e. The number of carbonyl (C=O) groups excluding carboxylic acids is 1. The maximum atomic E-state index is 11.4. The number of hydrogen-bond acceptors (Lipinski definition) is 2. The average Bonchev–Trinajstić information content (AvgIpc) is 2.14. The third-order valence-corrected chi connectivity index (χ3v) is 2.60. The third-order valence-electron chi connectivity index (χ3n) is 2.60. The highest BCUT2D eigenvalue weighted by Gasteiger charge is 2.35. The second kappa shape index (κ2) is 3.42. The van der Waals surface area contributed by atoms with Crippen LogP contribution < -0.4 is 10.6 Å². The fraction of sp³-hybridized carbons (Fsp3) is 0.364. The van der Waals surface area contributed by atoms with E-state index in [9.17, 15) is 4.79 Å². The molecular formula is C11H14N2O. The van der Waals surface area contributed by atoms with Gasteiger partial charge in [-0.3, -0.25) is 4.79 Å². The van der Waals surface area contributed by atoms with Gasteiger partial charge in [-0.1, -0.05) is 12.1 Å². The average molecular weight is 190 g/mol. The number of aryl methyl sites for hydroxylation is 1. The predicted molar refractivity (Wildman–Crippen MR) is 56.1 cm³/mol. The normalized spacial score (nSPS) is 20.9. The Balaban J connectivity index is 2.26. The quantitative estimate of drug-likeness (QED) is 0.709. The summed E-state index contributed by atoms with van der Waals surface area (Å²) < 4.78 is 0. The molecule has 0 spiro atoms. The number of nitrogens with two attached hydrogens (primary N) is 1. The number of nitrogens with zero attached hydrogens (tertiary/aromatic N) is 1. The van der Waals surface area contributed by atoms with Crippen LogP contribution in [-0.2, 0) is 4.79 Å². The summed E-state index contributed by atoms with van der Waals surface area (Å²) >= 11 is 0. The van der Waals surface area contributed by atoms with E-state index in [2.05, 4.69) is 0 Å². The van der Waals surface area contributed by atoms with Gasteiger partial charge < -0.3 is 10.6 Å². The van der Waals surface area contributed by atoms with E-state index in [1.807, 2.05) is 31.2 Å². The Hall–Kier alpha value is -1.35. The van der Waals surface area contributed by atoms with Crippen LogP contribution in [0.5, 0.6) is 0 Å². The summed E-state index contributed by atoms with van der Waals surface area (Å²) in [7, 11) is 0. The van der Waals surface area contributed by atoms with Gasteiger partial charge in [-0.05, 0) is 24.6 Å². The molecule has 2 N–H and O–H groups in total. The summed E-state index contributed by atoms with van der Waals surface area (Å²) in [6.07, 6.45) is 0.588. The Morgan fingerprint density at radius 1 is 1.57 bits per heavy atom. The van der Waals surface area contributed by atoms with Gasteiger partial charge in [0.2, 0.25) is 5.91 Å². The zero-order valence-electron chi connectivity index (χ0n) is 8.23. The maximum Gasteiger partial charge on any atom is 0.229 e. The molecule has 0 bridgehead atoms. The lowest BCUT2D eigenvalue weighted by molar-refractivity contribution is -0.123. The van der Waals surface area contributed by atoms with Crippen molar-refractivity contribution in [2.24, 2.45) is 5.73 Å². The first kappa shape index (κ1) is 9.21. The molecule has 1 atom stereocenters. The summed E-state index contributed by atoms with van der Waals surface area (Å²) in [6, 6.07) is 8.14. The van der Waals surface area contributed by atoms with Gasteiger partial charge in [-0.15, -0.1) is 0 Å². The van der Waals surface area contributed by atoms with Gasteiger partial charge in [0, 0.05) is 18.7 Å². The van der Waals surface area contributed by atoms with Crippen molar-refractivity contribution in [2.75, 3.05) is 11.4 Å². The third kappa shape index (κ3) is 1.40. The van der Waals surface area contributed by atoms with Crippen molar-refractivity contribution in [3.05, 3.63) is 29.8 Å². The van der Waals surface area contributed by atoms with Crippen molar-refractivity contribution in [1.82, 2.24) is 0 Å². The van der Waals surface area contributed by atoms with E-state index in [0.29, 0.717) is 13.0 Å². The maximum absolute atomic E-state index is 11.4. The number of rotatable bonds is 2. The van der Waals surface area contributed by atoms with Crippen LogP contribution in [0.4, 0.5) is 5.69 Å². The number of hydrogen-bond donors (Lipinski definition) is 1.